The van der Waals surface area contributed by atoms with Crippen LogP contribution in [0, 0.1) is 0 Å². The van der Waals surface area contributed by atoms with Crippen molar-refractivity contribution in [3.8, 4) is 0 Å². The molecule has 94 valence electrons. The Morgan fingerprint density at radius 2 is 2.17 bits per heavy atom. The van der Waals surface area contributed by atoms with Crippen molar-refractivity contribution < 1.29 is 8.42 Å². The second-order valence-corrected chi connectivity index (χ2v) is 5.91. The lowest BCUT2D eigenvalue weighted by Crippen LogP contribution is -2.36. The SMILES string of the molecule is O=S(=O)(c1cnc[nH]1)N1CCc2ncncc2C1. The first-order chi connectivity index (χ1) is 8.68. The molecule has 1 aliphatic rings. The van der Waals surface area contributed by atoms with Crippen molar-refractivity contribution in [2.45, 2.75) is 18.0 Å². The monoisotopic (exact) mass is 265 g/mol. The van der Waals surface area contributed by atoms with Gasteiger partial charge in [-0.3, -0.25) is 0 Å². The smallest absolute Gasteiger partial charge is 0.260 e. The summed E-state index contributed by atoms with van der Waals surface area (Å²) in [6, 6.07) is 0. The van der Waals surface area contributed by atoms with E-state index in [-0.39, 0.29) is 5.03 Å². The minimum absolute atomic E-state index is 0.114. The van der Waals surface area contributed by atoms with Crippen LogP contribution in [0.1, 0.15) is 11.3 Å². The number of imidazole rings is 1. The third-order valence-electron chi connectivity index (χ3n) is 2.92. The molecule has 1 N–H and O–H groups in total. The van der Waals surface area contributed by atoms with Crippen molar-refractivity contribution in [2.75, 3.05) is 6.54 Å². The highest BCUT2D eigenvalue weighted by Gasteiger charge is 2.29. The number of sulfonamides is 1. The summed E-state index contributed by atoms with van der Waals surface area (Å²) < 4.78 is 26.0. The Labute approximate surface area is 104 Å². The Kier molecular flexibility index (Phi) is 2.60. The van der Waals surface area contributed by atoms with Crippen molar-refractivity contribution in [1.29, 1.82) is 0 Å². The lowest BCUT2D eigenvalue weighted by atomic mass is 10.1. The van der Waals surface area contributed by atoms with Crippen LogP contribution in [0.4, 0.5) is 0 Å². The van der Waals surface area contributed by atoms with Gasteiger partial charge in [0.2, 0.25) is 0 Å². The lowest BCUT2D eigenvalue weighted by molar-refractivity contribution is 0.385. The summed E-state index contributed by atoms with van der Waals surface area (Å²) in [6.07, 6.45) is 6.42. The van der Waals surface area contributed by atoms with Gasteiger partial charge < -0.3 is 4.98 Å². The fraction of sp³-hybridized carbons (Fsp3) is 0.300. The van der Waals surface area contributed by atoms with Crippen LogP contribution in [0.25, 0.3) is 0 Å². The van der Waals surface area contributed by atoms with Gasteiger partial charge in [-0.05, 0) is 0 Å². The maximum absolute atomic E-state index is 12.3. The van der Waals surface area contributed by atoms with Crippen LogP contribution in [-0.2, 0) is 23.0 Å². The normalized spacial score (nSPS) is 16.4. The molecule has 0 bridgehead atoms. The molecule has 0 radical (unpaired) electrons. The maximum Gasteiger partial charge on any atom is 0.260 e. The fourth-order valence-electron chi connectivity index (χ4n) is 1.97. The number of rotatable bonds is 2. The molecule has 0 spiro atoms. The summed E-state index contributed by atoms with van der Waals surface area (Å²) >= 11 is 0. The van der Waals surface area contributed by atoms with Gasteiger partial charge in [0, 0.05) is 37.0 Å². The summed E-state index contributed by atoms with van der Waals surface area (Å²) in [4.78, 5) is 14.4. The van der Waals surface area contributed by atoms with Crippen molar-refractivity contribution >= 4 is 10.0 Å². The van der Waals surface area contributed by atoms with E-state index in [4.69, 9.17) is 0 Å². The van der Waals surface area contributed by atoms with Gasteiger partial charge in [-0.2, -0.15) is 4.31 Å². The first-order valence-corrected chi connectivity index (χ1v) is 6.88. The van der Waals surface area contributed by atoms with E-state index in [1.807, 2.05) is 0 Å². The average Bonchev–Trinajstić information content (AvgIpc) is 2.92. The van der Waals surface area contributed by atoms with E-state index in [9.17, 15) is 8.42 Å². The topological polar surface area (TPSA) is 91.8 Å². The predicted molar refractivity (Wildman–Crippen MR) is 61.9 cm³/mol. The van der Waals surface area contributed by atoms with Gasteiger partial charge in [0.1, 0.15) is 6.33 Å². The van der Waals surface area contributed by atoms with Crippen molar-refractivity contribution in [3.63, 3.8) is 0 Å². The average molecular weight is 265 g/mol. The number of hydrogen-bond donors (Lipinski definition) is 1. The van der Waals surface area contributed by atoms with Crippen LogP contribution in [0.3, 0.4) is 0 Å². The Hall–Kier alpha value is -1.80. The summed E-state index contributed by atoms with van der Waals surface area (Å²) in [5, 5.41) is 0.114. The van der Waals surface area contributed by atoms with Gasteiger partial charge in [-0.15, -0.1) is 0 Å². The van der Waals surface area contributed by atoms with Crippen LogP contribution in [0.2, 0.25) is 0 Å². The van der Waals surface area contributed by atoms with Gasteiger partial charge in [0.15, 0.2) is 5.03 Å². The number of H-pyrrole nitrogens is 1. The highest BCUT2D eigenvalue weighted by Crippen LogP contribution is 2.21. The molecule has 0 fully saturated rings. The largest absolute Gasteiger partial charge is 0.335 e. The third kappa shape index (κ3) is 1.79. The molecule has 0 amide bonds. The summed E-state index contributed by atoms with van der Waals surface area (Å²) in [6.45, 7) is 0.725. The quantitative estimate of drug-likeness (QED) is 0.821. The highest BCUT2D eigenvalue weighted by molar-refractivity contribution is 7.89. The first kappa shape index (κ1) is 11.3. The van der Waals surface area contributed by atoms with Gasteiger partial charge in [-0.1, -0.05) is 0 Å². The molecule has 3 rings (SSSR count). The van der Waals surface area contributed by atoms with Crippen molar-refractivity contribution in [2.24, 2.45) is 0 Å². The molecule has 0 unspecified atom stereocenters. The third-order valence-corrected chi connectivity index (χ3v) is 4.69. The molecule has 0 atom stereocenters. The summed E-state index contributed by atoms with van der Waals surface area (Å²) in [5.41, 5.74) is 1.77. The Morgan fingerprint density at radius 1 is 1.28 bits per heavy atom. The zero-order chi connectivity index (χ0) is 12.6. The number of aromatic amines is 1. The molecule has 2 aromatic heterocycles. The van der Waals surface area contributed by atoms with Crippen LogP contribution in [-0.4, -0.2) is 39.2 Å². The predicted octanol–water partition coefficient (Wildman–Crippen LogP) is -0.0533. The lowest BCUT2D eigenvalue weighted by Gasteiger charge is -2.26. The number of fused-ring (bicyclic) bond motifs is 1. The van der Waals surface area contributed by atoms with Crippen LogP contribution >= 0.6 is 0 Å². The molecule has 0 saturated heterocycles. The number of nitrogens with one attached hydrogen (secondary N) is 1. The van der Waals surface area contributed by atoms with Crippen LogP contribution in [0.5, 0.6) is 0 Å². The molecule has 7 nitrogen and oxygen atoms in total. The second kappa shape index (κ2) is 4.14. The molecular formula is C10H11N5O2S. The van der Waals surface area contributed by atoms with Gasteiger partial charge >= 0.3 is 0 Å². The van der Waals surface area contributed by atoms with E-state index >= 15 is 0 Å². The number of hydrogen-bond acceptors (Lipinski definition) is 5. The van der Waals surface area contributed by atoms with E-state index in [0.717, 1.165) is 11.3 Å². The summed E-state index contributed by atoms with van der Waals surface area (Å²) in [7, 11) is -3.50. The van der Waals surface area contributed by atoms with Crippen LogP contribution < -0.4 is 0 Å². The second-order valence-electron chi connectivity index (χ2n) is 4.00. The van der Waals surface area contributed by atoms with E-state index in [1.165, 1.54) is 23.2 Å². The molecular weight excluding hydrogens is 254 g/mol. The highest BCUT2D eigenvalue weighted by atomic mass is 32.2. The van der Waals surface area contributed by atoms with Gasteiger partial charge in [0.05, 0.1) is 12.5 Å². The molecule has 8 heteroatoms. The minimum Gasteiger partial charge on any atom is -0.335 e. The minimum atomic E-state index is -3.50. The van der Waals surface area contributed by atoms with Crippen molar-refractivity contribution in [3.05, 3.63) is 36.3 Å². The van der Waals surface area contributed by atoms with E-state index in [1.54, 1.807) is 6.20 Å². The molecule has 0 saturated carbocycles. The van der Waals surface area contributed by atoms with Gasteiger partial charge in [0.25, 0.3) is 10.0 Å². The van der Waals surface area contributed by atoms with E-state index in [2.05, 4.69) is 19.9 Å². The number of nitrogens with zero attached hydrogens (tertiary/aromatic N) is 4. The molecule has 0 aliphatic carbocycles. The zero-order valence-corrected chi connectivity index (χ0v) is 10.3. The van der Waals surface area contributed by atoms with Crippen LogP contribution in [0.15, 0.2) is 30.1 Å². The first-order valence-electron chi connectivity index (χ1n) is 5.44. The molecule has 3 heterocycles. The standard InChI is InChI=1S/C10H11N5O2S/c16-18(17,10-4-12-7-14-10)15-2-1-9-8(5-15)3-11-6-13-9/h3-4,6-7H,1-2,5H2,(H,12,14). The molecule has 2 aromatic rings. The summed E-state index contributed by atoms with van der Waals surface area (Å²) in [5.74, 6) is 0. The Bertz CT molecular complexity index is 653. The number of aromatic nitrogens is 4. The Balaban J connectivity index is 1.93. The van der Waals surface area contributed by atoms with E-state index < -0.39 is 10.0 Å². The molecule has 1 aliphatic heterocycles. The van der Waals surface area contributed by atoms with E-state index in [0.29, 0.717) is 19.5 Å². The fourth-order valence-corrected chi connectivity index (χ4v) is 3.28. The maximum atomic E-state index is 12.3. The zero-order valence-electron chi connectivity index (χ0n) is 9.44. The van der Waals surface area contributed by atoms with Gasteiger partial charge in [-0.25, -0.2) is 23.4 Å². The molecule has 18 heavy (non-hydrogen) atoms. The Morgan fingerprint density at radius 3 is 2.94 bits per heavy atom. The van der Waals surface area contributed by atoms with Crippen molar-refractivity contribution in [1.82, 2.24) is 24.2 Å². The molecule has 0 aromatic carbocycles.